The molecule has 2 rings (SSSR count). The molecule has 2 aromatic rings. The number of methoxy groups -OCH3 is 2. The van der Waals surface area contributed by atoms with E-state index in [2.05, 4.69) is 25.1 Å². The molecule has 0 fully saturated rings. The number of rotatable bonds is 6. The normalized spacial score (nSPS) is 12.0. The average Bonchev–Trinajstić information content (AvgIpc) is 2.52. The van der Waals surface area contributed by atoms with E-state index in [1.165, 1.54) is 5.56 Å². The van der Waals surface area contributed by atoms with Crippen molar-refractivity contribution < 1.29 is 14.6 Å². The fraction of sp³-hybridized carbons (Fsp3) is 0.294. The van der Waals surface area contributed by atoms with E-state index >= 15 is 0 Å². The summed E-state index contributed by atoms with van der Waals surface area (Å²) < 4.78 is 10.5. The molecule has 0 saturated heterocycles. The minimum atomic E-state index is -0.546. The van der Waals surface area contributed by atoms with Crippen LogP contribution in [0.3, 0.4) is 0 Å². The van der Waals surface area contributed by atoms with Gasteiger partial charge in [0, 0.05) is 10.6 Å². The van der Waals surface area contributed by atoms with Crippen molar-refractivity contribution in [2.24, 2.45) is 0 Å². The maximum Gasteiger partial charge on any atom is 0.161 e. The average molecular weight is 304 g/mol. The summed E-state index contributed by atoms with van der Waals surface area (Å²) in [5, 5.41) is 10.3. The van der Waals surface area contributed by atoms with E-state index in [-0.39, 0.29) is 0 Å². The SMILES string of the molecule is COc1ccc(C(O)CSc2cccc(C)c2)cc1OC. The van der Waals surface area contributed by atoms with Crippen molar-refractivity contribution in [2.75, 3.05) is 20.0 Å². The van der Waals surface area contributed by atoms with Gasteiger partial charge in [0.05, 0.1) is 20.3 Å². The molecule has 1 atom stereocenters. The standard InChI is InChI=1S/C17H20O3S/c1-12-5-4-6-14(9-12)21-11-15(18)13-7-8-16(19-2)17(10-13)20-3/h4-10,15,18H,11H2,1-3H3. The summed E-state index contributed by atoms with van der Waals surface area (Å²) in [7, 11) is 3.19. The van der Waals surface area contributed by atoms with Crippen LogP contribution in [0, 0.1) is 6.92 Å². The Morgan fingerprint density at radius 3 is 2.48 bits per heavy atom. The summed E-state index contributed by atoms with van der Waals surface area (Å²) >= 11 is 1.64. The second kappa shape index (κ2) is 7.38. The van der Waals surface area contributed by atoms with E-state index in [1.807, 2.05) is 24.3 Å². The van der Waals surface area contributed by atoms with Crippen LogP contribution in [0.25, 0.3) is 0 Å². The van der Waals surface area contributed by atoms with Crippen LogP contribution in [-0.4, -0.2) is 25.1 Å². The van der Waals surface area contributed by atoms with Crippen molar-refractivity contribution in [1.29, 1.82) is 0 Å². The molecule has 0 aromatic heterocycles. The first-order valence-corrected chi connectivity index (χ1v) is 7.72. The zero-order valence-electron chi connectivity index (χ0n) is 12.5. The van der Waals surface area contributed by atoms with Crippen molar-refractivity contribution in [1.82, 2.24) is 0 Å². The van der Waals surface area contributed by atoms with Crippen molar-refractivity contribution in [3.8, 4) is 11.5 Å². The highest BCUT2D eigenvalue weighted by Gasteiger charge is 2.12. The zero-order valence-corrected chi connectivity index (χ0v) is 13.3. The number of benzene rings is 2. The Morgan fingerprint density at radius 2 is 1.81 bits per heavy atom. The molecule has 112 valence electrons. The third-order valence-corrected chi connectivity index (χ3v) is 4.26. The number of thioether (sulfide) groups is 1. The molecule has 1 N–H and O–H groups in total. The van der Waals surface area contributed by atoms with Gasteiger partial charge in [-0.05, 0) is 36.8 Å². The third kappa shape index (κ3) is 4.16. The van der Waals surface area contributed by atoms with E-state index < -0.39 is 6.10 Å². The quantitative estimate of drug-likeness (QED) is 0.823. The lowest BCUT2D eigenvalue weighted by Gasteiger charge is -2.14. The first kappa shape index (κ1) is 15.7. The summed E-state index contributed by atoms with van der Waals surface area (Å²) in [5.41, 5.74) is 2.05. The van der Waals surface area contributed by atoms with Gasteiger partial charge in [-0.2, -0.15) is 0 Å². The predicted octanol–water partition coefficient (Wildman–Crippen LogP) is 3.84. The topological polar surface area (TPSA) is 38.7 Å². The molecule has 4 heteroatoms. The van der Waals surface area contributed by atoms with E-state index in [1.54, 1.807) is 26.0 Å². The molecular weight excluding hydrogens is 284 g/mol. The predicted molar refractivity (Wildman–Crippen MR) is 86.4 cm³/mol. The van der Waals surface area contributed by atoms with Crippen molar-refractivity contribution in [3.05, 3.63) is 53.6 Å². The van der Waals surface area contributed by atoms with Gasteiger partial charge in [-0.25, -0.2) is 0 Å². The molecule has 1 unspecified atom stereocenters. The van der Waals surface area contributed by atoms with Crippen LogP contribution in [-0.2, 0) is 0 Å². The fourth-order valence-electron chi connectivity index (χ4n) is 2.04. The Balaban J connectivity index is 2.04. The van der Waals surface area contributed by atoms with Gasteiger partial charge in [-0.3, -0.25) is 0 Å². The highest BCUT2D eigenvalue weighted by atomic mass is 32.2. The second-order valence-corrected chi connectivity index (χ2v) is 5.85. The minimum Gasteiger partial charge on any atom is -0.493 e. The largest absolute Gasteiger partial charge is 0.493 e. The number of aliphatic hydroxyl groups excluding tert-OH is 1. The second-order valence-electron chi connectivity index (χ2n) is 4.76. The Bertz CT molecular complexity index is 598. The lowest BCUT2D eigenvalue weighted by Crippen LogP contribution is -2.02. The maximum absolute atomic E-state index is 10.3. The molecule has 0 aliphatic heterocycles. The highest BCUT2D eigenvalue weighted by Crippen LogP contribution is 2.32. The molecule has 0 spiro atoms. The minimum absolute atomic E-state index is 0.546. The number of hydrogen-bond donors (Lipinski definition) is 1. The number of ether oxygens (including phenoxy) is 2. The van der Waals surface area contributed by atoms with Gasteiger partial charge in [-0.1, -0.05) is 23.8 Å². The van der Waals surface area contributed by atoms with Gasteiger partial charge in [-0.15, -0.1) is 11.8 Å². The monoisotopic (exact) mass is 304 g/mol. The Labute approximate surface area is 129 Å². The highest BCUT2D eigenvalue weighted by molar-refractivity contribution is 7.99. The summed E-state index contributed by atoms with van der Waals surface area (Å²) in [6.45, 7) is 2.06. The molecule has 0 radical (unpaired) electrons. The van der Waals surface area contributed by atoms with Gasteiger partial charge < -0.3 is 14.6 Å². The fourth-order valence-corrected chi connectivity index (χ4v) is 3.02. The summed E-state index contributed by atoms with van der Waals surface area (Å²) in [6, 6.07) is 13.8. The Morgan fingerprint density at radius 1 is 1.05 bits per heavy atom. The third-order valence-electron chi connectivity index (χ3n) is 3.19. The van der Waals surface area contributed by atoms with Crippen LogP contribution in [0.15, 0.2) is 47.4 Å². The molecule has 0 saturated carbocycles. The van der Waals surface area contributed by atoms with Gasteiger partial charge in [0.25, 0.3) is 0 Å². The Hall–Kier alpha value is -1.65. The lowest BCUT2D eigenvalue weighted by atomic mass is 10.1. The van der Waals surface area contributed by atoms with Gasteiger partial charge in [0.1, 0.15) is 0 Å². The molecule has 2 aromatic carbocycles. The van der Waals surface area contributed by atoms with Gasteiger partial charge in [0.15, 0.2) is 11.5 Å². The zero-order chi connectivity index (χ0) is 15.2. The van der Waals surface area contributed by atoms with Crippen LogP contribution >= 0.6 is 11.8 Å². The molecule has 0 bridgehead atoms. The summed E-state index contributed by atoms with van der Waals surface area (Å²) in [5.74, 6) is 1.90. The van der Waals surface area contributed by atoms with Crippen molar-refractivity contribution in [3.63, 3.8) is 0 Å². The number of aliphatic hydroxyl groups is 1. The van der Waals surface area contributed by atoms with Crippen LogP contribution < -0.4 is 9.47 Å². The van der Waals surface area contributed by atoms with E-state index in [4.69, 9.17) is 9.47 Å². The lowest BCUT2D eigenvalue weighted by molar-refractivity contribution is 0.203. The van der Waals surface area contributed by atoms with Crippen LogP contribution in [0.4, 0.5) is 0 Å². The molecule has 0 aliphatic rings. The van der Waals surface area contributed by atoms with Crippen molar-refractivity contribution in [2.45, 2.75) is 17.9 Å². The first-order valence-electron chi connectivity index (χ1n) is 6.73. The van der Waals surface area contributed by atoms with Crippen LogP contribution in [0.1, 0.15) is 17.2 Å². The van der Waals surface area contributed by atoms with E-state index in [9.17, 15) is 5.11 Å². The van der Waals surface area contributed by atoms with E-state index in [0.717, 1.165) is 10.5 Å². The smallest absolute Gasteiger partial charge is 0.161 e. The van der Waals surface area contributed by atoms with Crippen LogP contribution in [0.5, 0.6) is 11.5 Å². The van der Waals surface area contributed by atoms with Crippen LogP contribution in [0.2, 0.25) is 0 Å². The van der Waals surface area contributed by atoms with E-state index in [0.29, 0.717) is 17.3 Å². The van der Waals surface area contributed by atoms with Gasteiger partial charge in [0.2, 0.25) is 0 Å². The maximum atomic E-state index is 10.3. The molecular formula is C17H20O3S. The molecule has 0 amide bonds. The number of aryl methyl sites for hydroxylation is 1. The Kier molecular flexibility index (Phi) is 5.53. The molecule has 21 heavy (non-hydrogen) atoms. The molecule has 0 heterocycles. The summed E-state index contributed by atoms with van der Waals surface area (Å²) in [6.07, 6.45) is -0.546. The first-order chi connectivity index (χ1) is 10.1. The summed E-state index contributed by atoms with van der Waals surface area (Å²) in [4.78, 5) is 1.16. The number of hydrogen-bond acceptors (Lipinski definition) is 4. The van der Waals surface area contributed by atoms with Crippen molar-refractivity contribution >= 4 is 11.8 Å². The van der Waals surface area contributed by atoms with Gasteiger partial charge >= 0.3 is 0 Å². The molecule has 0 aliphatic carbocycles. The molecule has 3 nitrogen and oxygen atoms in total.